The number of nitrogens with zero attached hydrogens (tertiary/aromatic N) is 1. The molecule has 1 aliphatic rings. The smallest absolute Gasteiger partial charge is 0.252 e. The van der Waals surface area contributed by atoms with Crippen LogP contribution < -0.4 is 15.4 Å². The van der Waals surface area contributed by atoms with Crippen LogP contribution in [0.15, 0.2) is 42.5 Å². The summed E-state index contributed by atoms with van der Waals surface area (Å²) < 4.78 is 5.12. The molecule has 1 aromatic carbocycles. The lowest BCUT2D eigenvalue weighted by Gasteiger charge is -2.19. The monoisotopic (exact) mass is 353 g/mol. The number of carbonyl (C=O) groups excluding carboxylic acids is 2. The van der Waals surface area contributed by atoms with E-state index in [0.717, 1.165) is 18.4 Å². The molecule has 1 fully saturated rings. The maximum Gasteiger partial charge on any atom is 0.252 e. The van der Waals surface area contributed by atoms with E-state index >= 15 is 0 Å². The van der Waals surface area contributed by atoms with E-state index in [1.165, 1.54) is 7.11 Å². The minimum absolute atomic E-state index is 0.151. The number of hydrogen-bond donors (Lipinski definition) is 2. The Morgan fingerprint density at radius 1 is 1.23 bits per heavy atom. The van der Waals surface area contributed by atoms with Crippen molar-refractivity contribution >= 4 is 11.8 Å². The maximum atomic E-state index is 12.7. The Kier molecular flexibility index (Phi) is 5.51. The van der Waals surface area contributed by atoms with Gasteiger partial charge in [0.15, 0.2) is 0 Å². The summed E-state index contributed by atoms with van der Waals surface area (Å²) in [6.07, 6.45) is 2.43. The van der Waals surface area contributed by atoms with Crippen LogP contribution in [0.3, 0.4) is 0 Å². The topological polar surface area (TPSA) is 80.3 Å². The van der Waals surface area contributed by atoms with Crippen LogP contribution in [0.5, 0.6) is 5.88 Å². The van der Waals surface area contributed by atoms with Gasteiger partial charge in [0.1, 0.15) is 6.04 Å². The van der Waals surface area contributed by atoms with E-state index in [1.807, 2.05) is 30.3 Å². The molecule has 0 bridgehead atoms. The third-order valence-electron chi connectivity index (χ3n) is 4.23. The van der Waals surface area contributed by atoms with Crippen molar-refractivity contribution in [2.24, 2.45) is 0 Å². The lowest BCUT2D eigenvalue weighted by Crippen LogP contribution is -2.48. The van der Waals surface area contributed by atoms with Gasteiger partial charge in [0, 0.05) is 29.8 Å². The first-order chi connectivity index (χ1) is 12.5. The average Bonchev–Trinajstić information content (AvgIpc) is 3.45. The molecule has 6 nitrogen and oxygen atoms in total. The highest BCUT2D eigenvalue weighted by atomic mass is 16.5. The van der Waals surface area contributed by atoms with Crippen molar-refractivity contribution in [3.8, 4) is 5.88 Å². The molecule has 2 N–H and O–H groups in total. The molecule has 3 rings (SSSR count). The minimum Gasteiger partial charge on any atom is -0.481 e. The van der Waals surface area contributed by atoms with Crippen molar-refractivity contribution in [3.05, 3.63) is 59.3 Å². The fourth-order valence-corrected chi connectivity index (χ4v) is 2.70. The maximum absolute atomic E-state index is 12.7. The third-order valence-corrected chi connectivity index (χ3v) is 4.23. The van der Waals surface area contributed by atoms with Gasteiger partial charge in [0.05, 0.1) is 7.11 Å². The second kappa shape index (κ2) is 7.99. The van der Waals surface area contributed by atoms with E-state index in [9.17, 15) is 9.59 Å². The summed E-state index contributed by atoms with van der Waals surface area (Å²) >= 11 is 0. The van der Waals surface area contributed by atoms with Crippen molar-refractivity contribution in [1.82, 2.24) is 15.6 Å². The number of amides is 2. The molecule has 2 amide bonds. The molecule has 0 radical (unpaired) electrons. The van der Waals surface area contributed by atoms with Gasteiger partial charge in [-0.3, -0.25) is 9.59 Å². The van der Waals surface area contributed by atoms with Crippen molar-refractivity contribution < 1.29 is 14.3 Å². The van der Waals surface area contributed by atoms with Crippen LogP contribution in [0.25, 0.3) is 0 Å². The molecule has 26 heavy (non-hydrogen) atoms. The van der Waals surface area contributed by atoms with E-state index in [-0.39, 0.29) is 17.9 Å². The van der Waals surface area contributed by atoms with Crippen LogP contribution in [0.4, 0.5) is 0 Å². The van der Waals surface area contributed by atoms with Gasteiger partial charge in [-0.2, -0.15) is 0 Å². The number of benzene rings is 1. The second-order valence-corrected chi connectivity index (χ2v) is 6.54. The standard InChI is InChI=1S/C20H23N3O3/c1-13-10-15(12-18(21-13)26-2)19(24)23-17(20(25)22-16-8-9-16)11-14-6-4-3-5-7-14/h3-7,10,12,16-17H,8-9,11H2,1-2H3,(H,22,25)(H,23,24). The van der Waals surface area contributed by atoms with Crippen LogP contribution >= 0.6 is 0 Å². The Bertz CT molecular complexity index is 788. The predicted molar refractivity (Wildman–Crippen MR) is 98.1 cm³/mol. The molecule has 0 aliphatic heterocycles. The Labute approximate surface area is 153 Å². The molecular formula is C20H23N3O3. The zero-order chi connectivity index (χ0) is 18.5. The van der Waals surface area contributed by atoms with Crippen molar-refractivity contribution in [2.75, 3.05) is 7.11 Å². The Hall–Kier alpha value is -2.89. The predicted octanol–water partition coefficient (Wildman–Crippen LogP) is 2.02. The molecule has 2 aromatic rings. The van der Waals surface area contributed by atoms with Gasteiger partial charge in [0.25, 0.3) is 5.91 Å². The summed E-state index contributed by atoms with van der Waals surface area (Å²) in [6.45, 7) is 1.79. The van der Waals surface area contributed by atoms with E-state index < -0.39 is 6.04 Å². The normalized spacial score (nSPS) is 14.4. The van der Waals surface area contributed by atoms with E-state index in [0.29, 0.717) is 23.6 Å². The molecule has 1 saturated carbocycles. The third kappa shape index (κ3) is 4.81. The van der Waals surface area contributed by atoms with Gasteiger partial charge in [-0.1, -0.05) is 30.3 Å². The molecular weight excluding hydrogens is 330 g/mol. The Morgan fingerprint density at radius 3 is 2.62 bits per heavy atom. The molecule has 1 atom stereocenters. The molecule has 0 spiro atoms. The molecule has 1 heterocycles. The average molecular weight is 353 g/mol. The zero-order valence-corrected chi connectivity index (χ0v) is 15.0. The number of ether oxygens (including phenoxy) is 1. The van der Waals surface area contributed by atoms with Crippen LogP contribution in [-0.2, 0) is 11.2 Å². The minimum atomic E-state index is -0.634. The molecule has 1 aliphatic carbocycles. The van der Waals surface area contributed by atoms with Gasteiger partial charge in [-0.25, -0.2) is 4.98 Å². The van der Waals surface area contributed by atoms with Gasteiger partial charge in [-0.15, -0.1) is 0 Å². The van der Waals surface area contributed by atoms with E-state index in [4.69, 9.17) is 4.74 Å². The Balaban J connectivity index is 1.76. The van der Waals surface area contributed by atoms with Gasteiger partial charge in [-0.05, 0) is 31.4 Å². The van der Waals surface area contributed by atoms with Crippen LogP contribution in [0, 0.1) is 6.92 Å². The van der Waals surface area contributed by atoms with Crippen LogP contribution in [0.2, 0.25) is 0 Å². The SMILES string of the molecule is COc1cc(C(=O)NC(Cc2ccccc2)C(=O)NC2CC2)cc(C)n1. The number of pyridine rings is 1. The quantitative estimate of drug-likeness (QED) is 0.798. The van der Waals surface area contributed by atoms with E-state index in [2.05, 4.69) is 15.6 Å². The van der Waals surface area contributed by atoms with Crippen molar-refractivity contribution in [1.29, 1.82) is 0 Å². The summed E-state index contributed by atoms with van der Waals surface area (Å²) in [4.78, 5) is 29.5. The Morgan fingerprint density at radius 2 is 1.96 bits per heavy atom. The molecule has 136 valence electrons. The second-order valence-electron chi connectivity index (χ2n) is 6.54. The number of aryl methyl sites for hydroxylation is 1. The highest BCUT2D eigenvalue weighted by Gasteiger charge is 2.29. The summed E-state index contributed by atoms with van der Waals surface area (Å²) in [5, 5.41) is 5.83. The molecule has 6 heteroatoms. The highest BCUT2D eigenvalue weighted by molar-refractivity contribution is 5.98. The summed E-state index contributed by atoms with van der Waals surface area (Å²) in [5.74, 6) is -0.0969. The fraction of sp³-hybridized carbons (Fsp3) is 0.350. The van der Waals surface area contributed by atoms with Gasteiger partial charge < -0.3 is 15.4 Å². The van der Waals surface area contributed by atoms with E-state index in [1.54, 1.807) is 19.1 Å². The number of aromatic nitrogens is 1. The largest absolute Gasteiger partial charge is 0.481 e. The van der Waals surface area contributed by atoms with Crippen molar-refractivity contribution in [2.45, 2.75) is 38.3 Å². The number of rotatable bonds is 7. The first-order valence-electron chi connectivity index (χ1n) is 8.73. The highest BCUT2D eigenvalue weighted by Crippen LogP contribution is 2.19. The first-order valence-corrected chi connectivity index (χ1v) is 8.73. The van der Waals surface area contributed by atoms with Crippen LogP contribution in [0.1, 0.15) is 34.5 Å². The first kappa shape index (κ1) is 17.9. The zero-order valence-electron chi connectivity index (χ0n) is 15.0. The number of nitrogens with one attached hydrogen (secondary N) is 2. The number of methoxy groups -OCH3 is 1. The van der Waals surface area contributed by atoms with Gasteiger partial charge in [0.2, 0.25) is 11.8 Å². The summed E-state index contributed by atoms with van der Waals surface area (Å²) in [7, 11) is 1.50. The molecule has 1 unspecified atom stereocenters. The summed E-state index contributed by atoms with van der Waals surface area (Å²) in [6, 6.07) is 12.5. The van der Waals surface area contributed by atoms with Crippen molar-refractivity contribution in [3.63, 3.8) is 0 Å². The number of carbonyl (C=O) groups is 2. The molecule has 1 aromatic heterocycles. The van der Waals surface area contributed by atoms with Crippen LogP contribution in [-0.4, -0.2) is 36.0 Å². The fourth-order valence-electron chi connectivity index (χ4n) is 2.70. The van der Waals surface area contributed by atoms with Gasteiger partial charge >= 0.3 is 0 Å². The number of hydrogen-bond acceptors (Lipinski definition) is 4. The lowest BCUT2D eigenvalue weighted by molar-refractivity contribution is -0.123. The summed E-state index contributed by atoms with van der Waals surface area (Å²) in [5.41, 5.74) is 2.09. The lowest BCUT2D eigenvalue weighted by atomic mass is 10.0. The molecule has 0 saturated heterocycles.